The molecular weight excluding hydrogens is 253 g/mol. The summed E-state index contributed by atoms with van der Waals surface area (Å²) in [7, 11) is 0. The molecule has 1 heterocycles. The number of pyridine rings is 1. The first-order chi connectivity index (χ1) is 8.53. The fourth-order valence-electron chi connectivity index (χ4n) is 1.75. The van der Waals surface area contributed by atoms with E-state index in [-0.39, 0.29) is 22.6 Å². The second-order valence-electron chi connectivity index (χ2n) is 4.31. The maximum absolute atomic E-state index is 13.7. The topological polar surface area (TPSA) is 48.7 Å². The van der Waals surface area contributed by atoms with Crippen LogP contribution in [0, 0.1) is 23.1 Å². The van der Waals surface area contributed by atoms with E-state index in [0.29, 0.717) is 5.92 Å². The number of halogens is 2. The van der Waals surface area contributed by atoms with E-state index in [0.717, 1.165) is 18.9 Å². The van der Waals surface area contributed by atoms with Gasteiger partial charge in [-0.3, -0.25) is 0 Å². The minimum atomic E-state index is -0.544. The van der Waals surface area contributed by atoms with Gasteiger partial charge in [0.1, 0.15) is 11.2 Å². The standard InChI is InChI=1S/C13H17ClFN3/c1-4-8(3)11(5-2)17-13-10(15)6-9(7-16)12(14)18-13/h6,8,11H,4-5H2,1-3H3,(H,17,18)/t8-,11+/m0/s1. The molecule has 0 aromatic carbocycles. The average molecular weight is 270 g/mol. The Labute approximate surface area is 112 Å². The molecule has 0 saturated heterocycles. The molecule has 2 atom stereocenters. The Morgan fingerprint density at radius 2 is 2.17 bits per heavy atom. The predicted molar refractivity (Wildman–Crippen MR) is 71.1 cm³/mol. The Bertz CT molecular complexity index is 456. The molecule has 0 spiro atoms. The number of rotatable bonds is 5. The molecule has 0 radical (unpaired) electrons. The normalized spacial score (nSPS) is 13.8. The lowest BCUT2D eigenvalue weighted by molar-refractivity contribution is 0.454. The molecule has 0 amide bonds. The molecule has 3 nitrogen and oxygen atoms in total. The number of aromatic nitrogens is 1. The maximum atomic E-state index is 13.7. The van der Waals surface area contributed by atoms with Gasteiger partial charge in [0.05, 0.1) is 5.56 Å². The summed E-state index contributed by atoms with van der Waals surface area (Å²) in [5.74, 6) is -0.0190. The molecule has 18 heavy (non-hydrogen) atoms. The summed E-state index contributed by atoms with van der Waals surface area (Å²) in [4.78, 5) is 3.90. The maximum Gasteiger partial charge on any atom is 0.166 e. The van der Waals surface area contributed by atoms with Crippen molar-refractivity contribution in [3.8, 4) is 6.07 Å². The van der Waals surface area contributed by atoms with E-state index < -0.39 is 5.82 Å². The quantitative estimate of drug-likeness (QED) is 0.823. The van der Waals surface area contributed by atoms with Crippen LogP contribution < -0.4 is 5.32 Å². The molecule has 0 saturated carbocycles. The second kappa shape index (κ2) is 6.55. The number of anilines is 1. The van der Waals surface area contributed by atoms with Crippen LogP contribution in [0.4, 0.5) is 10.2 Å². The molecule has 0 fully saturated rings. The lowest BCUT2D eigenvalue weighted by Gasteiger charge is -2.23. The van der Waals surface area contributed by atoms with Gasteiger partial charge in [-0.25, -0.2) is 9.37 Å². The average Bonchev–Trinajstić information content (AvgIpc) is 2.38. The Balaban J connectivity index is 2.97. The zero-order chi connectivity index (χ0) is 13.7. The van der Waals surface area contributed by atoms with Crippen LogP contribution in [0.3, 0.4) is 0 Å². The van der Waals surface area contributed by atoms with Gasteiger partial charge in [0, 0.05) is 6.04 Å². The fourth-order valence-corrected chi connectivity index (χ4v) is 1.93. The predicted octanol–water partition coefficient (Wildman–Crippen LogP) is 3.98. The monoisotopic (exact) mass is 269 g/mol. The van der Waals surface area contributed by atoms with Crippen molar-refractivity contribution in [3.63, 3.8) is 0 Å². The Morgan fingerprint density at radius 3 is 2.67 bits per heavy atom. The van der Waals surface area contributed by atoms with Gasteiger partial charge < -0.3 is 5.32 Å². The van der Waals surface area contributed by atoms with Crippen molar-refractivity contribution in [1.82, 2.24) is 4.98 Å². The van der Waals surface area contributed by atoms with Gasteiger partial charge in [0.15, 0.2) is 11.6 Å². The third-order valence-electron chi connectivity index (χ3n) is 3.14. The van der Waals surface area contributed by atoms with E-state index in [1.807, 2.05) is 6.92 Å². The van der Waals surface area contributed by atoms with Gasteiger partial charge in [-0.1, -0.05) is 38.8 Å². The molecule has 1 aromatic heterocycles. The van der Waals surface area contributed by atoms with Crippen molar-refractivity contribution in [3.05, 3.63) is 22.6 Å². The van der Waals surface area contributed by atoms with E-state index in [2.05, 4.69) is 24.1 Å². The zero-order valence-electron chi connectivity index (χ0n) is 10.8. The number of nitriles is 1. The summed E-state index contributed by atoms with van der Waals surface area (Å²) in [6.07, 6.45) is 1.87. The van der Waals surface area contributed by atoms with Crippen LogP contribution >= 0.6 is 11.6 Å². The summed E-state index contributed by atoms with van der Waals surface area (Å²) in [5, 5.41) is 11.8. The molecule has 98 valence electrons. The van der Waals surface area contributed by atoms with Crippen LogP contribution in [0.1, 0.15) is 39.2 Å². The van der Waals surface area contributed by atoms with E-state index in [1.165, 1.54) is 0 Å². The number of nitrogens with zero attached hydrogens (tertiary/aromatic N) is 2. The van der Waals surface area contributed by atoms with Gasteiger partial charge in [-0.15, -0.1) is 0 Å². The van der Waals surface area contributed by atoms with Gasteiger partial charge in [-0.05, 0) is 18.4 Å². The molecule has 1 aromatic rings. The highest BCUT2D eigenvalue weighted by atomic mass is 35.5. The van der Waals surface area contributed by atoms with E-state index >= 15 is 0 Å². The van der Waals surface area contributed by atoms with Crippen LogP contribution in [0.25, 0.3) is 0 Å². The first-order valence-corrected chi connectivity index (χ1v) is 6.43. The van der Waals surface area contributed by atoms with Crippen molar-refractivity contribution >= 4 is 17.4 Å². The largest absolute Gasteiger partial charge is 0.365 e. The lowest BCUT2D eigenvalue weighted by atomic mass is 9.97. The molecule has 0 unspecified atom stereocenters. The summed E-state index contributed by atoms with van der Waals surface area (Å²) in [6.45, 7) is 6.22. The molecular formula is C13H17ClFN3. The molecule has 0 aliphatic rings. The van der Waals surface area contributed by atoms with E-state index in [1.54, 1.807) is 6.07 Å². The second-order valence-corrected chi connectivity index (χ2v) is 4.67. The Morgan fingerprint density at radius 1 is 1.50 bits per heavy atom. The minimum Gasteiger partial charge on any atom is -0.365 e. The highest BCUT2D eigenvalue weighted by molar-refractivity contribution is 6.30. The molecule has 1 rings (SSSR count). The summed E-state index contributed by atoms with van der Waals surface area (Å²) < 4.78 is 13.7. The number of hydrogen-bond donors (Lipinski definition) is 1. The fraction of sp³-hybridized carbons (Fsp3) is 0.538. The molecule has 0 aliphatic heterocycles. The highest BCUT2D eigenvalue weighted by Gasteiger charge is 2.17. The lowest BCUT2D eigenvalue weighted by Crippen LogP contribution is -2.27. The first kappa shape index (κ1) is 14.7. The highest BCUT2D eigenvalue weighted by Crippen LogP contribution is 2.23. The van der Waals surface area contributed by atoms with Crippen molar-refractivity contribution in [2.45, 2.75) is 39.7 Å². The van der Waals surface area contributed by atoms with Gasteiger partial charge in [0.2, 0.25) is 0 Å². The van der Waals surface area contributed by atoms with Gasteiger partial charge in [-0.2, -0.15) is 5.26 Å². The Hall–Kier alpha value is -1.34. The van der Waals surface area contributed by atoms with Crippen LogP contribution in [0.5, 0.6) is 0 Å². The van der Waals surface area contributed by atoms with E-state index in [9.17, 15) is 4.39 Å². The first-order valence-electron chi connectivity index (χ1n) is 6.06. The van der Waals surface area contributed by atoms with Crippen molar-refractivity contribution < 1.29 is 4.39 Å². The summed E-state index contributed by atoms with van der Waals surface area (Å²) in [5.41, 5.74) is 0.0521. The third-order valence-corrected chi connectivity index (χ3v) is 3.43. The molecule has 0 aliphatic carbocycles. The van der Waals surface area contributed by atoms with Gasteiger partial charge >= 0.3 is 0 Å². The Kier molecular flexibility index (Phi) is 5.36. The van der Waals surface area contributed by atoms with Crippen LogP contribution in [0.2, 0.25) is 5.15 Å². The third kappa shape index (κ3) is 3.33. The molecule has 0 bridgehead atoms. The number of hydrogen-bond acceptors (Lipinski definition) is 3. The molecule has 5 heteroatoms. The van der Waals surface area contributed by atoms with Crippen molar-refractivity contribution in [2.24, 2.45) is 5.92 Å². The molecule has 1 N–H and O–H groups in total. The smallest absolute Gasteiger partial charge is 0.166 e. The van der Waals surface area contributed by atoms with Crippen LogP contribution in [-0.4, -0.2) is 11.0 Å². The van der Waals surface area contributed by atoms with E-state index in [4.69, 9.17) is 16.9 Å². The summed E-state index contributed by atoms with van der Waals surface area (Å²) >= 11 is 5.80. The minimum absolute atomic E-state index is 0.0282. The number of nitrogens with one attached hydrogen (secondary N) is 1. The van der Waals surface area contributed by atoms with Crippen LogP contribution in [-0.2, 0) is 0 Å². The zero-order valence-corrected chi connectivity index (χ0v) is 11.6. The summed E-state index contributed by atoms with van der Waals surface area (Å²) in [6, 6.07) is 3.05. The van der Waals surface area contributed by atoms with Crippen molar-refractivity contribution in [2.75, 3.05) is 5.32 Å². The van der Waals surface area contributed by atoms with Crippen LogP contribution in [0.15, 0.2) is 6.07 Å². The SMILES string of the molecule is CC[C@H](C)[C@@H](CC)Nc1nc(Cl)c(C#N)cc1F. The van der Waals surface area contributed by atoms with Gasteiger partial charge in [0.25, 0.3) is 0 Å². The van der Waals surface area contributed by atoms with Crippen molar-refractivity contribution in [1.29, 1.82) is 5.26 Å².